The van der Waals surface area contributed by atoms with Crippen LogP contribution in [0.5, 0.6) is 0 Å². The number of nitrogens with two attached hydrogens (primary N) is 1. The molecular formula is C11H18N6O3. The van der Waals surface area contributed by atoms with Crippen molar-refractivity contribution in [3.8, 4) is 0 Å². The molecule has 110 valence electrons. The number of anilines is 2. The third-order valence-electron chi connectivity index (χ3n) is 3.07. The molecular weight excluding hydrogens is 264 g/mol. The maximum Gasteiger partial charge on any atom is 0.332 e. The number of hydrogen-bond acceptors (Lipinski definition) is 8. The number of rotatable bonds is 3. The zero-order chi connectivity index (χ0) is 14.9. The van der Waals surface area contributed by atoms with Crippen molar-refractivity contribution in [3.63, 3.8) is 0 Å². The van der Waals surface area contributed by atoms with Gasteiger partial charge in [-0.2, -0.15) is 4.98 Å². The van der Waals surface area contributed by atoms with Gasteiger partial charge in [-0.25, -0.2) is 10.8 Å². The lowest BCUT2D eigenvalue weighted by Crippen LogP contribution is -2.46. The van der Waals surface area contributed by atoms with Crippen LogP contribution in [0.15, 0.2) is 0 Å². The number of aryl methyl sites for hydroxylation is 1. The van der Waals surface area contributed by atoms with Crippen LogP contribution in [0.25, 0.3) is 0 Å². The van der Waals surface area contributed by atoms with Gasteiger partial charge in [0.15, 0.2) is 0 Å². The number of nitrogens with one attached hydrogen (secondary N) is 1. The summed E-state index contributed by atoms with van der Waals surface area (Å²) in [6.07, 6.45) is -0.0502. The predicted octanol–water partition coefficient (Wildman–Crippen LogP) is 0.592. The fraction of sp³-hybridized carbons (Fsp3) is 0.636. The molecule has 2 rings (SSSR count). The molecule has 1 aliphatic heterocycles. The van der Waals surface area contributed by atoms with Gasteiger partial charge in [-0.15, -0.1) is 0 Å². The molecule has 2 unspecified atom stereocenters. The topological polar surface area (TPSA) is 119 Å². The SMILES string of the molecule is Cc1nc(NN)nc(N2CC(C)OC(C)C2)c1[N+](=O)[O-]. The normalized spacial score (nSPS) is 22.7. The zero-order valence-corrected chi connectivity index (χ0v) is 11.7. The summed E-state index contributed by atoms with van der Waals surface area (Å²) in [6, 6.07) is 0. The van der Waals surface area contributed by atoms with Crippen LogP contribution in [0.2, 0.25) is 0 Å². The van der Waals surface area contributed by atoms with Crippen molar-refractivity contribution in [3.05, 3.63) is 15.8 Å². The highest BCUT2D eigenvalue weighted by molar-refractivity contribution is 5.62. The lowest BCUT2D eigenvalue weighted by molar-refractivity contribution is -0.385. The number of nitrogen functional groups attached to an aromatic ring is 1. The highest BCUT2D eigenvalue weighted by atomic mass is 16.6. The molecule has 1 aromatic rings. The summed E-state index contributed by atoms with van der Waals surface area (Å²) in [5.74, 6) is 5.75. The van der Waals surface area contributed by atoms with E-state index in [9.17, 15) is 10.1 Å². The summed E-state index contributed by atoms with van der Waals surface area (Å²) in [5, 5.41) is 11.3. The molecule has 0 aliphatic carbocycles. The van der Waals surface area contributed by atoms with Gasteiger partial charge in [-0.3, -0.25) is 15.5 Å². The number of nitro groups is 1. The number of morpholine rings is 1. The predicted molar refractivity (Wildman–Crippen MR) is 73.5 cm³/mol. The summed E-state index contributed by atoms with van der Waals surface area (Å²) in [6.45, 7) is 6.48. The van der Waals surface area contributed by atoms with Gasteiger partial charge in [0.05, 0.1) is 17.1 Å². The van der Waals surface area contributed by atoms with Gasteiger partial charge in [0, 0.05) is 13.1 Å². The molecule has 0 aromatic carbocycles. The van der Waals surface area contributed by atoms with Gasteiger partial charge in [-0.1, -0.05) is 0 Å². The van der Waals surface area contributed by atoms with Crippen molar-refractivity contribution in [2.45, 2.75) is 33.0 Å². The van der Waals surface area contributed by atoms with Crippen LogP contribution < -0.4 is 16.2 Å². The Morgan fingerprint density at radius 1 is 1.40 bits per heavy atom. The van der Waals surface area contributed by atoms with Crippen LogP contribution in [0.3, 0.4) is 0 Å². The molecule has 9 nitrogen and oxygen atoms in total. The second-order valence-electron chi connectivity index (χ2n) is 4.87. The molecule has 1 aromatic heterocycles. The molecule has 3 N–H and O–H groups in total. The molecule has 0 saturated carbocycles. The van der Waals surface area contributed by atoms with Crippen LogP contribution in [0.1, 0.15) is 19.5 Å². The van der Waals surface area contributed by atoms with Gasteiger partial charge >= 0.3 is 5.69 Å². The molecule has 1 fully saturated rings. The summed E-state index contributed by atoms with van der Waals surface area (Å²) in [5.41, 5.74) is 2.52. The summed E-state index contributed by atoms with van der Waals surface area (Å²) >= 11 is 0. The molecule has 0 spiro atoms. The van der Waals surface area contributed by atoms with E-state index in [0.717, 1.165) is 0 Å². The van der Waals surface area contributed by atoms with Crippen LogP contribution in [0, 0.1) is 17.0 Å². The van der Waals surface area contributed by atoms with E-state index in [0.29, 0.717) is 13.1 Å². The van der Waals surface area contributed by atoms with Crippen molar-refractivity contribution in [1.29, 1.82) is 0 Å². The van der Waals surface area contributed by atoms with Gasteiger partial charge < -0.3 is 9.64 Å². The van der Waals surface area contributed by atoms with Crippen molar-refractivity contribution in [2.24, 2.45) is 5.84 Å². The van der Waals surface area contributed by atoms with Crippen LogP contribution >= 0.6 is 0 Å². The fourth-order valence-corrected chi connectivity index (χ4v) is 2.40. The highest BCUT2D eigenvalue weighted by Crippen LogP contribution is 2.31. The number of hydrogen-bond donors (Lipinski definition) is 2. The minimum absolute atomic E-state index is 0.0251. The van der Waals surface area contributed by atoms with E-state index in [1.165, 1.54) is 0 Å². The molecule has 0 radical (unpaired) electrons. The lowest BCUT2D eigenvalue weighted by atomic mass is 10.2. The molecule has 0 bridgehead atoms. The Morgan fingerprint density at radius 3 is 2.50 bits per heavy atom. The first-order chi connectivity index (χ1) is 9.42. The minimum atomic E-state index is -0.463. The second-order valence-corrected chi connectivity index (χ2v) is 4.87. The average molecular weight is 282 g/mol. The summed E-state index contributed by atoms with van der Waals surface area (Å²) in [7, 11) is 0. The molecule has 20 heavy (non-hydrogen) atoms. The van der Waals surface area contributed by atoms with E-state index in [-0.39, 0.29) is 35.4 Å². The Kier molecular flexibility index (Phi) is 4.00. The van der Waals surface area contributed by atoms with Crippen molar-refractivity contribution in [1.82, 2.24) is 9.97 Å². The van der Waals surface area contributed by atoms with Gasteiger partial charge in [0.25, 0.3) is 0 Å². The summed E-state index contributed by atoms with van der Waals surface area (Å²) < 4.78 is 5.63. The Hall–Kier alpha value is -2.00. The van der Waals surface area contributed by atoms with E-state index in [1.807, 2.05) is 18.7 Å². The Bertz CT molecular complexity index is 513. The van der Waals surface area contributed by atoms with E-state index in [4.69, 9.17) is 10.6 Å². The smallest absolute Gasteiger partial charge is 0.332 e. The van der Waals surface area contributed by atoms with Crippen LogP contribution in [-0.2, 0) is 4.74 Å². The van der Waals surface area contributed by atoms with Crippen molar-refractivity contribution in [2.75, 3.05) is 23.4 Å². The van der Waals surface area contributed by atoms with Gasteiger partial charge in [0.2, 0.25) is 11.8 Å². The van der Waals surface area contributed by atoms with Gasteiger partial charge in [0.1, 0.15) is 5.69 Å². The first-order valence-electron chi connectivity index (χ1n) is 6.32. The number of ether oxygens (including phenoxy) is 1. The minimum Gasteiger partial charge on any atom is -0.372 e. The Labute approximate surface area is 116 Å². The molecule has 9 heteroatoms. The van der Waals surface area contributed by atoms with Crippen LogP contribution in [-0.4, -0.2) is 40.2 Å². The second kappa shape index (κ2) is 5.55. The fourth-order valence-electron chi connectivity index (χ4n) is 2.40. The standard InChI is InChI=1S/C11H18N6O3/c1-6-4-16(5-7(2)20-6)10-9(17(18)19)8(3)13-11(14-10)15-12/h6-7H,4-5,12H2,1-3H3,(H,13,14,15). The first-order valence-corrected chi connectivity index (χ1v) is 6.32. The monoisotopic (exact) mass is 282 g/mol. The summed E-state index contributed by atoms with van der Waals surface area (Å²) in [4.78, 5) is 20.7. The van der Waals surface area contributed by atoms with Gasteiger partial charge in [-0.05, 0) is 20.8 Å². The third-order valence-corrected chi connectivity index (χ3v) is 3.07. The van der Waals surface area contributed by atoms with E-state index in [2.05, 4.69) is 15.4 Å². The van der Waals surface area contributed by atoms with Crippen LogP contribution in [0.4, 0.5) is 17.5 Å². The molecule has 0 amide bonds. The molecule has 2 atom stereocenters. The number of hydrazine groups is 1. The Balaban J connectivity index is 2.47. The maximum atomic E-state index is 11.3. The molecule has 1 saturated heterocycles. The zero-order valence-electron chi connectivity index (χ0n) is 11.7. The molecule has 1 aliphatic rings. The largest absolute Gasteiger partial charge is 0.372 e. The quantitative estimate of drug-likeness (QED) is 0.469. The number of aromatic nitrogens is 2. The molecule has 2 heterocycles. The lowest BCUT2D eigenvalue weighted by Gasteiger charge is -2.35. The first kappa shape index (κ1) is 14.4. The van der Waals surface area contributed by atoms with Crippen molar-refractivity contribution >= 4 is 17.5 Å². The van der Waals surface area contributed by atoms with E-state index >= 15 is 0 Å². The highest BCUT2D eigenvalue weighted by Gasteiger charge is 2.31. The maximum absolute atomic E-state index is 11.3. The Morgan fingerprint density at radius 2 is 2.00 bits per heavy atom. The van der Waals surface area contributed by atoms with E-state index < -0.39 is 4.92 Å². The van der Waals surface area contributed by atoms with Crippen molar-refractivity contribution < 1.29 is 9.66 Å². The third kappa shape index (κ3) is 2.78. The average Bonchev–Trinajstić information content (AvgIpc) is 2.35. The number of nitrogens with zero attached hydrogens (tertiary/aromatic N) is 4. The van der Waals surface area contributed by atoms with E-state index in [1.54, 1.807) is 6.92 Å².